The lowest BCUT2D eigenvalue weighted by Crippen LogP contribution is -2.45. The third-order valence-electron chi connectivity index (χ3n) is 9.16. The number of ether oxygens (including phenoxy) is 1. The number of aliphatic hydroxyl groups is 2. The molecule has 39 heavy (non-hydrogen) atoms. The quantitative estimate of drug-likeness (QED) is 0.342. The Bertz CT molecular complexity index is 1040. The Morgan fingerprint density at radius 3 is 2.59 bits per heavy atom. The molecule has 8 atom stereocenters. The fourth-order valence-corrected chi connectivity index (χ4v) is 6.85. The smallest absolute Gasteiger partial charge is 0.309 e. The molecule has 0 aliphatic carbocycles. The van der Waals surface area contributed by atoms with Gasteiger partial charge in [-0.2, -0.15) is 0 Å². The summed E-state index contributed by atoms with van der Waals surface area (Å²) in [5.41, 5.74) is 0.500. The number of fused-ring (bicyclic) bond motifs is 1. The second-order valence-electron chi connectivity index (χ2n) is 12.5. The van der Waals surface area contributed by atoms with E-state index in [4.69, 9.17) is 4.74 Å². The van der Waals surface area contributed by atoms with E-state index < -0.39 is 35.6 Å². The van der Waals surface area contributed by atoms with Crippen molar-refractivity contribution in [1.82, 2.24) is 9.88 Å². The summed E-state index contributed by atoms with van der Waals surface area (Å²) in [5, 5.41) is 27.8. The molecule has 0 radical (unpaired) electrons. The topological polar surface area (TPSA) is 112 Å². The molecule has 0 spiro atoms. The summed E-state index contributed by atoms with van der Waals surface area (Å²) < 4.78 is 6.06. The van der Waals surface area contributed by atoms with Gasteiger partial charge in [0, 0.05) is 36.3 Å². The zero-order chi connectivity index (χ0) is 29.1. The molecule has 3 rings (SSSR count). The fraction of sp³-hybridized carbons (Fsp3) is 0.767. The lowest BCUT2D eigenvalue weighted by atomic mass is 9.73. The van der Waals surface area contributed by atoms with E-state index in [1.807, 2.05) is 32.4 Å². The number of hydrogen-bond donors (Lipinski definition) is 3. The SMILES string of the molecule is CCCN1[C@H]2C[C@@H](/C(C)=C/c3csc(NC)n3)OC(=O)C[C@H](O)C(C)(C)C(=O)[C@H](C)[C@@H](O)[C@@H](C)CCC[C@]21C. The summed E-state index contributed by atoms with van der Waals surface area (Å²) in [5.74, 6) is -1.47. The normalized spacial score (nSPS) is 36.7. The molecule has 0 saturated carbocycles. The van der Waals surface area contributed by atoms with Crippen molar-refractivity contribution in [2.24, 2.45) is 17.3 Å². The first-order valence-corrected chi connectivity index (χ1v) is 15.3. The number of hydrogen-bond acceptors (Lipinski definition) is 9. The van der Waals surface area contributed by atoms with Gasteiger partial charge < -0.3 is 20.3 Å². The zero-order valence-corrected chi connectivity index (χ0v) is 25.8. The number of aromatic nitrogens is 1. The molecule has 0 bridgehead atoms. The Balaban J connectivity index is 1.93. The van der Waals surface area contributed by atoms with Crippen molar-refractivity contribution in [3.63, 3.8) is 0 Å². The molecule has 0 aromatic carbocycles. The van der Waals surface area contributed by atoms with Gasteiger partial charge in [0.05, 0.1) is 29.7 Å². The molecule has 3 heterocycles. The second kappa shape index (κ2) is 12.8. The van der Waals surface area contributed by atoms with Crippen LogP contribution in [0.4, 0.5) is 5.13 Å². The van der Waals surface area contributed by atoms with Gasteiger partial charge in [0.15, 0.2) is 5.13 Å². The molecule has 3 N–H and O–H groups in total. The number of nitrogens with zero attached hydrogens (tertiary/aromatic N) is 2. The first kappa shape index (κ1) is 31.7. The maximum absolute atomic E-state index is 13.4. The number of esters is 1. The Morgan fingerprint density at radius 1 is 1.28 bits per heavy atom. The van der Waals surface area contributed by atoms with Crippen LogP contribution < -0.4 is 5.32 Å². The minimum atomic E-state index is -1.22. The van der Waals surface area contributed by atoms with Gasteiger partial charge >= 0.3 is 5.97 Å². The van der Waals surface area contributed by atoms with Crippen molar-refractivity contribution < 1.29 is 24.5 Å². The summed E-state index contributed by atoms with van der Waals surface area (Å²) in [6, 6.07) is 0.261. The van der Waals surface area contributed by atoms with Gasteiger partial charge in [-0.3, -0.25) is 14.5 Å². The van der Waals surface area contributed by atoms with Gasteiger partial charge in [0.25, 0.3) is 0 Å². The van der Waals surface area contributed by atoms with E-state index >= 15 is 0 Å². The van der Waals surface area contributed by atoms with E-state index in [9.17, 15) is 19.8 Å². The van der Waals surface area contributed by atoms with Crippen molar-refractivity contribution in [1.29, 1.82) is 0 Å². The van der Waals surface area contributed by atoms with Crippen molar-refractivity contribution in [2.75, 3.05) is 18.9 Å². The lowest BCUT2D eigenvalue weighted by Gasteiger charge is -2.34. The number of carbonyl (C=O) groups excluding carboxylic acids is 2. The monoisotopic (exact) mass is 563 g/mol. The van der Waals surface area contributed by atoms with Crippen LogP contribution in [0.15, 0.2) is 11.0 Å². The highest BCUT2D eigenvalue weighted by molar-refractivity contribution is 7.13. The molecular formula is C30H49N3O5S. The summed E-state index contributed by atoms with van der Waals surface area (Å²) in [7, 11) is 1.83. The number of ketones is 1. The van der Waals surface area contributed by atoms with Crippen LogP contribution in [0.1, 0.15) is 92.7 Å². The molecule has 1 aromatic heterocycles. The zero-order valence-electron chi connectivity index (χ0n) is 25.0. The number of cyclic esters (lactones) is 1. The molecule has 220 valence electrons. The van der Waals surface area contributed by atoms with Gasteiger partial charge in [0.1, 0.15) is 11.9 Å². The van der Waals surface area contributed by atoms with Crippen LogP contribution in [-0.4, -0.2) is 75.3 Å². The number of carbonyl (C=O) groups is 2. The summed E-state index contributed by atoms with van der Waals surface area (Å²) in [6.45, 7) is 14.4. The van der Waals surface area contributed by atoms with Crippen LogP contribution in [0.3, 0.4) is 0 Å². The minimum Gasteiger partial charge on any atom is -0.458 e. The Hall–Kier alpha value is -1.81. The number of aliphatic hydroxyl groups excluding tert-OH is 2. The molecule has 2 aliphatic rings. The number of nitrogens with one attached hydrogen (secondary N) is 1. The molecular weight excluding hydrogens is 514 g/mol. The maximum Gasteiger partial charge on any atom is 0.309 e. The first-order chi connectivity index (χ1) is 18.3. The summed E-state index contributed by atoms with van der Waals surface area (Å²) >= 11 is 1.52. The molecule has 2 saturated heterocycles. The second-order valence-corrected chi connectivity index (χ2v) is 13.3. The molecule has 0 amide bonds. The summed E-state index contributed by atoms with van der Waals surface area (Å²) in [6.07, 6.45) is 3.60. The third kappa shape index (κ3) is 7.10. The number of rotatable bonds is 5. The third-order valence-corrected chi connectivity index (χ3v) is 10.0. The van der Waals surface area contributed by atoms with E-state index in [1.165, 1.54) is 11.3 Å². The predicted octanol–water partition coefficient (Wildman–Crippen LogP) is 4.91. The van der Waals surface area contributed by atoms with E-state index in [0.29, 0.717) is 6.42 Å². The lowest BCUT2D eigenvalue weighted by molar-refractivity contribution is -0.154. The van der Waals surface area contributed by atoms with Crippen molar-refractivity contribution in [3.05, 3.63) is 16.6 Å². The largest absolute Gasteiger partial charge is 0.458 e. The van der Waals surface area contributed by atoms with Gasteiger partial charge in [-0.25, -0.2) is 4.98 Å². The van der Waals surface area contributed by atoms with Gasteiger partial charge in [-0.15, -0.1) is 11.3 Å². The molecule has 2 aliphatic heterocycles. The summed E-state index contributed by atoms with van der Waals surface area (Å²) in [4.78, 5) is 33.6. The van der Waals surface area contributed by atoms with Crippen molar-refractivity contribution in [3.8, 4) is 0 Å². The number of thiazole rings is 1. The first-order valence-electron chi connectivity index (χ1n) is 14.4. The van der Waals surface area contributed by atoms with E-state index in [1.54, 1.807) is 20.8 Å². The predicted molar refractivity (Wildman–Crippen MR) is 157 cm³/mol. The van der Waals surface area contributed by atoms with Gasteiger partial charge in [0.2, 0.25) is 0 Å². The Morgan fingerprint density at radius 2 is 1.97 bits per heavy atom. The van der Waals surface area contributed by atoms with E-state index in [-0.39, 0.29) is 29.7 Å². The van der Waals surface area contributed by atoms with Crippen LogP contribution in [0.25, 0.3) is 6.08 Å². The minimum absolute atomic E-state index is 0.00837. The van der Waals surface area contributed by atoms with Crippen LogP contribution in [0.5, 0.6) is 0 Å². The van der Waals surface area contributed by atoms with E-state index in [0.717, 1.165) is 48.6 Å². The average molecular weight is 564 g/mol. The van der Waals surface area contributed by atoms with Crippen LogP contribution in [0, 0.1) is 17.3 Å². The average Bonchev–Trinajstić information content (AvgIpc) is 3.19. The van der Waals surface area contributed by atoms with Crippen LogP contribution in [-0.2, 0) is 14.3 Å². The Kier molecular flexibility index (Phi) is 10.4. The standard InChI is InChI=1S/C30H49N3O5S/c1-9-13-33-23-15-22(19(3)14-21-17-39-28(31-8)32-21)38-25(35)16-24(34)29(5,6)27(37)20(4)26(36)18(2)11-10-12-30(23,33)7/h14,17-18,20,22-24,26,34,36H,9-13,15-16H2,1-8H3,(H,31,32)/b19-14+/t18-,20+,22-,23-,24-,26-,30+,33?/m0/s1. The van der Waals surface area contributed by atoms with Crippen molar-refractivity contribution >= 4 is 34.3 Å². The molecule has 2 fully saturated rings. The number of anilines is 1. The van der Waals surface area contributed by atoms with Gasteiger partial charge in [-0.1, -0.05) is 41.0 Å². The molecule has 1 aromatic rings. The molecule has 1 unspecified atom stereocenters. The highest BCUT2D eigenvalue weighted by Gasteiger charge is 2.58. The molecule has 8 nitrogen and oxygen atoms in total. The van der Waals surface area contributed by atoms with Crippen LogP contribution >= 0.6 is 11.3 Å². The Labute approximate surface area is 238 Å². The van der Waals surface area contributed by atoms with Crippen molar-refractivity contribution in [2.45, 2.75) is 117 Å². The molecule has 9 heteroatoms. The fourth-order valence-electron chi connectivity index (χ4n) is 6.22. The highest BCUT2D eigenvalue weighted by Crippen LogP contribution is 2.48. The van der Waals surface area contributed by atoms with Crippen LogP contribution in [0.2, 0.25) is 0 Å². The number of Topliss-reactive ketones (excluding diaryl/α,β-unsaturated/α-hetero) is 1. The van der Waals surface area contributed by atoms with Gasteiger partial charge in [-0.05, 0) is 57.2 Å². The van der Waals surface area contributed by atoms with E-state index in [2.05, 4.69) is 29.0 Å². The maximum atomic E-state index is 13.4. The highest BCUT2D eigenvalue weighted by atomic mass is 32.1.